The molecular formula is C9H14F3N3O2. The van der Waals surface area contributed by atoms with E-state index in [0.717, 1.165) is 4.90 Å². The van der Waals surface area contributed by atoms with Crippen molar-refractivity contribution in [2.24, 2.45) is 0 Å². The first-order chi connectivity index (χ1) is 7.84. The summed E-state index contributed by atoms with van der Waals surface area (Å²) in [7, 11) is 1.49. The van der Waals surface area contributed by atoms with E-state index in [1.54, 1.807) is 4.90 Å². The lowest BCUT2D eigenvalue weighted by Crippen LogP contribution is -2.53. The Balaban J connectivity index is 2.41. The van der Waals surface area contributed by atoms with Crippen LogP contribution in [0.2, 0.25) is 0 Å². The minimum Gasteiger partial charge on any atom is -0.358 e. The van der Waals surface area contributed by atoms with Crippen LogP contribution in [0.3, 0.4) is 0 Å². The summed E-state index contributed by atoms with van der Waals surface area (Å²) in [5.41, 5.74) is 0. The molecule has 0 atom stereocenters. The summed E-state index contributed by atoms with van der Waals surface area (Å²) in [5.74, 6) is -2.00. The van der Waals surface area contributed by atoms with Crippen molar-refractivity contribution in [3.63, 3.8) is 0 Å². The van der Waals surface area contributed by atoms with E-state index >= 15 is 0 Å². The van der Waals surface area contributed by atoms with E-state index in [2.05, 4.69) is 5.32 Å². The molecule has 1 rings (SSSR count). The molecule has 1 fully saturated rings. The molecule has 2 amide bonds. The lowest BCUT2D eigenvalue weighted by molar-refractivity contribution is -0.187. The van der Waals surface area contributed by atoms with Gasteiger partial charge < -0.3 is 10.2 Å². The first kappa shape index (κ1) is 13.8. The van der Waals surface area contributed by atoms with Gasteiger partial charge in [-0.05, 0) is 0 Å². The zero-order valence-electron chi connectivity index (χ0n) is 9.38. The van der Waals surface area contributed by atoms with E-state index in [4.69, 9.17) is 0 Å². The molecule has 1 aliphatic heterocycles. The standard InChI is InChI=1S/C9H14F3N3O2/c1-13-7(16)6-14-2-4-15(5-3-14)8(17)9(10,11)12/h2-6H2,1H3,(H,13,16). The summed E-state index contributed by atoms with van der Waals surface area (Å²) in [5, 5.41) is 2.43. The van der Waals surface area contributed by atoms with Crippen molar-refractivity contribution in [3.05, 3.63) is 0 Å². The summed E-state index contributed by atoms with van der Waals surface area (Å²) in [6.07, 6.45) is -4.82. The van der Waals surface area contributed by atoms with Crippen molar-refractivity contribution in [2.75, 3.05) is 39.8 Å². The monoisotopic (exact) mass is 253 g/mol. The Morgan fingerprint density at radius 1 is 1.18 bits per heavy atom. The average molecular weight is 253 g/mol. The Morgan fingerprint density at radius 3 is 2.12 bits per heavy atom. The Bertz CT molecular complexity index is 298. The minimum absolute atomic E-state index is 0.00463. The van der Waals surface area contributed by atoms with Crippen molar-refractivity contribution in [3.8, 4) is 0 Å². The number of rotatable bonds is 2. The molecular weight excluding hydrogens is 239 g/mol. The summed E-state index contributed by atoms with van der Waals surface area (Å²) >= 11 is 0. The molecule has 0 aliphatic carbocycles. The van der Waals surface area contributed by atoms with Crippen LogP contribution < -0.4 is 5.32 Å². The van der Waals surface area contributed by atoms with Crippen LogP contribution in [0.5, 0.6) is 0 Å². The van der Waals surface area contributed by atoms with E-state index in [9.17, 15) is 22.8 Å². The molecule has 0 radical (unpaired) electrons. The van der Waals surface area contributed by atoms with E-state index in [1.807, 2.05) is 0 Å². The minimum atomic E-state index is -4.82. The normalized spacial score (nSPS) is 18.0. The molecule has 5 nitrogen and oxygen atoms in total. The maximum Gasteiger partial charge on any atom is 0.471 e. The quantitative estimate of drug-likeness (QED) is 0.717. The number of carbonyl (C=O) groups excluding carboxylic acids is 2. The van der Waals surface area contributed by atoms with Crippen LogP contribution in [0.15, 0.2) is 0 Å². The maximum absolute atomic E-state index is 12.1. The molecule has 98 valence electrons. The van der Waals surface area contributed by atoms with Gasteiger partial charge in [0.15, 0.2) is 0 Å². The van der Waals surface area contributed by atoms with Crippen LogP contribution in [-0.4, -0.2) is 67.6 Å². The second-order valence-corrected chi connectivity index (χ2v) is 3.74. The molecule has 0 aromatic heterocycles. The van der Waals surface area contributed by atoms with Crippen LogP contribution in [0.4, 0.5) is 13.2 Å². The van der Waals surface area contributed by atoms with Gasteiger partial charge in [0.2, 0.25) is 5.91 Å². The maximum atomic E-state index is 12.1. The van der Waals surface area contributed by atoms with Gasteiger partial charge in [-0.15, -0.1) is 0 Å². The number of nitrogens with one attached hydrogen (secondary N) is 1. The third-order valence-electron chi connectivity index (χ3n) is 2.55. The van der Waals surface area contributed by atoms with Gasteiger partial charge in [0.05, 0.1) is 6.54 Å². The second-order valence-electron chi connectivity index (χ2n) is 3.74. The van der Waals surface area contributed by atoms with Crippen molar-refractivity contribution in [1.82, 2.24) is 15.1 Å². The van der Waals surface area contributed by atoms with Crippen molar-refractivity contribution >= 4 is 11.8 Å². The SMILES string of the molecule is CNC(=O)CN1CCN(C(=O)C(F)(F)F)CC1. The van der Waals surface area contributed by atoms with Crippen LogP contribution in [-0.2, 0) is 9.59 Å². The van der Waals surface area contributed by atoms with Gasteiger partial charge in [0.1, 0.15) is 0 Å². The Labute approximate surface area is 96.5 Å². The van der Waals surface area contributed by atoms with E-state index in [0.29, 0.717) is 0 Å². The van der Waals surface area contributed by atoms with Crippen LogP contribution in [0.25, 0.3) is 0 Å². The van der Waals surface area contributed by atoms with Gasteiger partial charge >= 0.3 is 12.1 Å². The third kappa shape index (κ3) is 3.88. The van der Waals surface area contributed by atoms with E-state index < -0.39 is 12.1 Å². The largest absolute Gasteiger partial charge is 0.471 e. The highest BCUT2D eigenvalue weighted by Crippen LogP contribution is 2.19. The van der Waals surface area contributed by atoms with E-state index in [1.165, 1.54) is 7.05 Å². The molecule has 0 bridgehead atoms. The Morgan fingerprint density at radius 2 is 1.71 bits per heavy atom. The first-order valence-corrected chi connectivity index (χ1v) is 5.13. The van der Waals surface area contributed by atoms with Crippen molar-refractivity contribution < 1.29 is 22.8 Å². The van der Waals surface area contributed by atoms with Crippen LogP contribution in [0.1, 0.15) is 0 Å². The van der Waals surface area contributed by atoms with Gasteiger partial charge in [0, 0.05) is 33.2 Å². The summed E-state index contributed by atoms with van der Waals surface area (Å²) in [6.45, 7) is 0.680. The van der Waals surface area contributed by atoms with E-state index in [-0.39, 0.29) is 38.6 Å². The predicted molar refractivity (Wildman–Crippen MR) is 53.1 cm³/mol. The highest BCUT2D eigenvalue weighted by molar-refractivity contribution is 5.82. The molecule has 0 unspecified atom stereocenters. The zero-order valence-corrected chi connectivity index (χ0v) is 9.38. The first-order valence-electron chi connectivity index (χ1n) is 5.13. The lowest BCUT2D eigenvalue weighted by Gasteiger charge is -2.34. The van der Waals surface area contributed by atoms with Crippen molar-refractivity contribution in [2.45, 2.75) is 6.18 Å². The fraction of sp³-hybridized carbons (Fsp3) is 0.778. The number of hydrogen-bond acceptors (Lipinski definition) is 3. The number of alkyl halides is 3. The lowest BCUT2D eigenvalue weighted by atomic mass is 10.3. The fourth-order valence-electron chi connectivity index (χ4n) is 1.57. The average Bonchev–Trinajstić information content (AvgIpc) is 2.27. The highest BCUT2D eigenvalue weighted by Gasteiger charge is 2.43. The Hall–Kier alpha value is -1.31. The number of likely N-dealkylation sites (N-methyl/N-ethyl adjacent to an activating group) is 1. The highest BCUT2D eigenvalue weighted by atomic mass is 19.4. The number of nitrogens with zero attached hydrogens (tertiary/aromatic N) is 2. The Kier molecular flexibility index (Phi) is 4.33. The molecule has 1 aliphatic rings. The summed E-state index contributed by atoms with van der Waals surface area (Å²) in [4.78, 5) is 24.4. The van der Waals surface area contributed by atoms with Gasteiger partial charge in [0.25, 0.3) is 0 Å². The molecule has 1 heterocycles. The molecule has 1 saturated heterocycles. The number of halogens is 3. The predicted octanol–water partition coefficient (Wildman–Crippen LogP) is -0.561. The molecule has 1 N–H and O–H groups in total. The number of piperazine rings is 1. The molecule has 0 spiro atoms. The molecule has 0 aromatic carbocycles. The van der Waals surface area contributed by atoms with Gasteiger partial charge in [-0.3, -0.25) is 14.5 Å². The summed E-state index contributed by atoms with van der Waals surface area (Å²) < 4.78 is 36.4. The second kappa shape index (κ2) is 5.35. The number of carbonyl (C=O) groups is 2. The number of amides is 2. The fourth-order valence-corrected chi connectivity index (χ4v) is 1.57. The molecule has 8 heteroatoms. The molecule has 0 aromatic rings. The number of hydrogen-bond donors (Lipinski definition) is 1. The zero-order chi connectivity index (χ0) is 13.1. The third-order valence-corrected chi connectivity index (χ3v) is 2.55. The van der Waals surface area contributed by atoms with Gasteiger partial charge in [-0.2, -0.15) is 13.2 Å². The van der Waals surface area contributed by atoms with Crippen LogP contribution >= 0.6 is 0 Å². The van der Waals surface area contributed by atoms with Gasteiger partial charge in [-0.1, -0.05) is 0 Å². The van der Waals surface area contributed by atoms with Gasteiger partial charge in [-0.25, -0.2) is 0 Å². The van der Waals surface area contributed by atoms with Crippen LogP contribution in [0, 0.1) is 0 Å². The molecule has 17 heavy (non-hydrogen) atoms. The summed E-state index contributed by atoms with van der Waals surface area (Å²) in [6, 6.07) is 0. The molecule has 0 saturated carbocycles. The smallest absolute Gasteiger partial charge is 0.358 e. The van der Waals surface area contributed by atoms with Crippen molar-refractivity contribution in [1.29, 1.82) is 0 Å². The topological polar surface area (TPSA) is 52.7 Å².